The Balaban J connectivity index is 1.70. The van der Waals surface area contributed by atoms with Gasteiger partial charge in [0.25, 0.3) is 0 Å². The number of ether oxygens (including phenoxy) is 2. The number of halogens is 2. The first kappa shape index (κ1) is 20.8. The van der Waals surface area contributed by atoms with Gasteiger partial charge in [-0.3, -0.25) is 4.90 Å². The minimum atomic E-state index is -1.22. The van der Waals surface area contributed by atoms with Crippen molar-refractivity contribution in [2.75, 3.05) is 26.3 Å². The van der Waals surface area contributed by atoms with E-state index >= 15 is 0 Å². The lowest BCUT2D eigenvalue weighted by Gasteiger charge is -2.38. The zero-order valence-electron chi connectivity index (χ0n) is 14.4. The van der Waals surface area contributed by atoms with E-state index in [0.29, 0.717) is 0 Å². The lowest BCUT2D eigenvalue weighted by atomic mass is 10.1. The molecule has 10 heteroatoms. The molecule has 2 saturated heterocycles. The van der Waals surface area contributed by atoms with E-state index in [9.17, 15) is 29.9 Å². The Morgan fingerprint density at radius 2 is 2.00 bits per heavy atom. The van der Waals surface area contributed by atoms with Crippen LogP contribution >= 0.6 is 11.6 Å². The predicted octanol–water partition coefficient (Wildman–Crippen LogP) is -0.987. The first-order valence-electron chi connectivity index (χ1n) is 8.61. The topological polar surface area (TPSA) is 123 Å². The van der Waals surface area contributed by atoms with E-state index in [1.165, 1.54) is 23.1 Å². The highest BCUT2D eigenvalue weighted by molar-refractivity contribution is 6.31. The summed E-state index contributed by atoms with van der Waals surface area (Å²) in [5.41, 5.74) is 0.237. The van der Waals surface area contributed by atoms with E-state index < -0.39 is 55.3 Å². The second-order valence-electron chi connectivity index (χ2n) is 6.81. The Kier molecular flexibility index (Phi) is 6.67. The highest BCUT2D eigenvalue weighted by Gasteiger charge is 2.43. The first-order chi connectivity index (χ1) is 12.8. The Labute approximate surface area is 160 Å². The highest BCUT2D eigenvalue weighted by Crippen LogP contribution is 2.34. The molecular formula is C17H23ClFNO7. The van der Waals surface area contributed by atoms with Gasteiger partial charge in [-0.05, 0) is 6.07 Å². The van der Waals surface area contributed by atoms with Crippen LogP contribution in [0.1, 0.15) is 11.9 Å². The van der Waals surface area contributed by atoms with Crippen LogP contribution in [0.15, 0.2) is 18.2 Å². The number of likely N-dealkylation sites (tertiary alicyclic amines) is 1. The standard InChI is InChI=1S/C17H23ClFNO7/c18-14-8(2-1-3-9(14)19)17-26-7-13(24)16(27-17)12(23)5-20-4-11(22)15(25)10(20)6-21/h1-3,10-13,15-17,21-25H,4-7H2/t10-,11-,12-,13-,15-,16-,17?/m1/s1. The molecule has 0 bridgehead atoms. The van der Waals surface area contributed by atoms with E-state index in [4.69, 9.17) is 21.1 Å². The Bertz CT molecular complexity index is 654. The number of aliphatic hydroxyl groups excluding tert-OH is 5. The summed E-state index contributed by atoms with van der Waals surface area (Å²) in [5.74, 6) is -0.643. The van der Waals surface area contributed by atoms with Crippen LogP contribution in [0.4, 0.5) is 4.39 Å². The predicted molar refractivity (Wildman–Crippen MR) is 91.5 cm³/mol. The number of nitrogens with zero attached hydrogens (tertiary/aromatic N) is 1. The van der Waals surface area contributed by atoms with E-state index in [1.54, 1.807) is 0 Å². The van der Waals surface area contributed by atoms with Gasteiger partial charge < -0.3 is 35.0 Å². The maximum atomic E-state index is 13.7. The third kappa shape index (κ3) is 4.26. The fourth-order valence-corrected chi connectivity index (χ4v) is 3.71. The van der Waals surface area contributed by atoms with Crippen molar-refractivity contribution in [3.05, 3.63) is 34.6 Å². The summed E-state index contributed by atoms with van der Waals surface area (Å²) in [4.78, 5) is 1.52. The van der Waals surface area contributed by atoms with Crippen LogP contribution in [0.3, 0.4) is 0 Å². The zero-order chi connectivity index (χ0) is 19.7. The molecule has 0 aliphatic carbocycles. The van der Waals surface area contributed by atoms with Gasteiger partial charge in [0.15, 0.2) is 6.29 Å². The molecule has 2 aliphatic rings. The number of hydrogen-bond acceptors (Lipinski definition) is 8. The third-order valence-electron chi connectivity index (χ3n) is 4.98. The van der Waals surface area contributed by atoms with Gasteiger partial charge in [0.1, 0.15) is 18.0 Å². The van der Waals surface area contributed by atoms with Crippen molar-refractivity contribution in [2.24, 2.45) is 0 Å². The molecule has 8 nitrogen and oxygen atoms in total. The van der Waals surface area contributed by atoms with Gasteiger partial charge in [-0.25, -0.2) is 4.39 Å². The Morgan fingerprint density at radius 1 is 1.26 bits per heavy atom. The fraction of sp³-hybridized carbons (Fsp3) is 0.647. The quantitative estimate of drug-likeness (QED) is 0.422. The molecule has 0 radical (unpaired) electrons. The monoisotopic (exact) mass is 407 g/mol. The van der Waals surface area contributed by atoms with E-state index in [0.717, 1.165) is 0 Å². The van der Waals surface area contributed by atoms with Crippen molar-refractivity contribution in [2.45, 2.75) is 42.9 Å². The lowest BCUT2D eigenvalue weighted by molar-refractivity contribution is -0.276. The van der Waals surface area contributed by atoms with Gasteiger partial charge in [0.2, 0.25) is 0 Å². The van der Waals surface area contributed by atoms with Crippen molar-refractivity contribution in [3.63, 3.8) is 0 Å². The molecule has 5 N–H and O–H groups in total. The third-order valence-corrected chi connectivity index (χ3v) is 5.38. The molecule has 1 unspecified atom stereocenters. The van der Waals surface area contributed by atoms with E-state index in [1.807, 2.05) is 0 Å². The summed E-state index contributed by atoms with van der Waals surface area (Å²) in [6.07, 6.45) is -6.69. The molecule has 152 valence electrons. The van der Waals surface area contributed by atoms with Gasteiger partial charge in [0.05, 0.1) is 42.6 Å². The molecule has 1 aromatic carbocycles. The van der Waals surface area contributed by atoms with Gasteiger partial charge >= 0.3 is 0 Å². The summed E-state index contributed by atoms with van der Waals surface area (Å²) in [5, 5.41) is 49.5. The van der Waals surface area contributed by atoms with Crippen LogP contribution in [0.2, 0.25) is 5.02 Å². The van der Waals surface area contributed by atoms with Crippen molar-refractivity contribution in [3.8, 4) is 0 Å². The largest absolute Gasteiger partial charge is 0.395 e. The smallest absolute Gasteiger partial charge is 0.186 e. The molecule has 0 saturated carbocycles. The summed E-state index contributed by atoms with van der Waals surface area (Å²) in [6, 6.07) is 3.42. The second-order valence-corrected chi connectivity index (χ2v) is 7.18. The highest BCUT2D eigenvalue weighted by atomic mass is 35.5. The zero-order valence-corrected chi connectivity index (χ0v) is 15.1. The first-order valence-corrected chi connectivity index (χ1v) is 8.99. The molecule has 2 heterocycles. The maximum Gasteiger partial charge on any atom is 0.186 e. The van der Waals surface area contributed by atoms with Crippen LogP contribution < -0.4 is 0 Å². The number of benzene rings is 1. The van der Waals surface area contributed by atoms with Crippen LogP contribution in [0, 0.1) is 5.82 Å². The Morgan fingerprint density at radius 3 is 2.70 bits per heavy atom. The molecule has 2 aliphatic heterocycles. The minimum absolute atomic E-state index is 0.0575. The van der Waals surface area contributed by atoms with Gasteiger partial charge in [-0.1, -0.05) is 23.7 Å². The van der Waals surface area contributed by atoms with Gasteiger partial charge in [-0.2, -0.15) is 0 Å². The van der Waals surface area contributed by atoms with E-state index in [2.05, 4.69) is 0 Å². The average molecular weight is 408 g/mol. The normalized spacial score (nSPS) is 36.1. The van der Waals surface area contributed by atoms with Crippen LogP contribution in [-0.2, 0) is 9.47 Å². The number of β-amino-alcohol motifs (C(OH)–C–C–N with tert-alkyl or cyclic N) is 2. The average Bonchev–Trinajstić information content (AvgIpc) is 2.91. The van der Waals surface area contributed by atoms with E-state index in [-0.39, 0.29) is 30.3 Å². The summed E-state index contributed by atoms with van der Waals surface area (Å²) >= 11 is 5.95. The summed E-state index contributed by atoms with van der Waals surface area (Å²) in [7, 11) is 0. The van der Waals surface area contributed by atoms with Crippen LogP contribution in [-0.4, -0.2) is 93.3 Å². The SMILES string of the molecule is OC[C@@H]1[C@@H](O)[C@H](O)CN1C[C@@H](O)[C@H]1OC(c2cccc(F)c2Cl)OC[C@H]1O. The van der Waals surface area contributed by atoms with Crippen molar-refractivity contribution in [1.29, 1.82) is 0 Å². The number of hydrogen-bond donors (Lipinski definition) is 5. The van der Waals surface area contributed by atoms with Gasteiger partial charge in [0, 0.05) is 18.7 Å². The summed E-state index contributed by atoms with van der Waals surface area (Å²) < 4.78 is 24.7. The molecule has 2 fully saturated rings. The molecule has 7 atom stereocenters. The Hall–Kier alpha value is -0.880. The molecule has 0 spiro atoms. The molecule has 27 heavy (non-hydrogen) atoms. The fourth-order valence-electron chi connectivity index (χ4n) is 3.50. The van der Waals surface area contributed by atoms with Crippen LogP contribution in [0.25, 0.3) is 0 Å². The second kappa shape index (κ2) is 8.64. The molecule has 3 rings (SSSR count). The van der Waals surface area contributed by atoms with Gasteiger partial charge in [-0.15, -0.1) is 0 Å². The molecule has 0 amide bonds. The molecular weight excluding hydrogens is 385 g/mol. The maximum absolute atomic E-state index is 13.7. The minimum Gasteiger partial charge on any atom is -0.395 e. The molecule has 1 aromatic rings. The van der Waals surface area contributed by atoms with Crippen LogP contribution in [0.5, 0.6) is 0 Å². The van der Waals surface area contributed by atoms with Crippen molar-refractivity contribution in [1.82, 2.24) is 4.90 Å². The molecule has 0 aromatic heterocycles. The van der Waals surface area contributed by atoms with Crippen molar-refractivity contribution < 1.29 is 39.4 Å². The van der Waals surface area contributed by atoms with Crippen molar-refractivity contribution >= 4 is 11.6 Å². The lowest BCUT2D eigenvalue weighted by Crippen LogP contribution is -2.52. The number of rotatable bonds is 5. The number of aliphatic hydroxyl groups is 5. The summed E-state index contributed by atoms with van der Waals surface area (Å²) in [6.45, 7) is -0.565.